The Kier molecular flexibility index (Phi) is 24.8. The second-order valence-corrected chi connectivity index (χ2v) is 25.2. The van der Waals surface area contributed by atoms with E-state index in [4.69, 9.17) is 56.2 Å². The number of rotatable bonds is 29. The first-order valence-electron chi connectivity index (χ1n) is 30.9. The molecule has 0 aliphatic carbocycles. The fourth-order valence-corrected chi connectivity index (χ4v) is 13.1. The minimum atomic E-state index is -4.24. The number of amides is 2. The SMILES string of the molecule is CCOP(OCC)O[C@@H]1O[C@H](COC(=O)c2ccccc2)[C@H](OC(=O)c2ccccc2)[C@H](O[C@]2(C(=O)O)C[C@@](O)(C(C)=O)[C@@H](NC(C)=O)[C@H]([C@@](O)(C(C)=O)[C@H]3COC(=O)C4(C[C@@](O)(C(C)=O)[C@@H](NC(C)=O)[C@H]([C@@](O)(C(C)=O)[C@@](O)(C(C)=O)C(O)C(C)=O)O4)O3)O2)[C@H]1OC(=O)c1ccccc1. The van der Waals surface area contributed by atoms with Gasteiger partial charge in [0.2, 0.25) is 18.1 Å². The molecule has 4 aliphatic rings. The number of aliphatic hydroxyl groups is 6. The molecule has 4 heterocycles. The third-order valence-corrected chi connectivity index (χ3v) is 18.7. The average Bonchev–Trinajstić information content (AvgIpc) is 0.697. The van der Waals surface area contributed by atoms with E-state index in [-0.39, 0.29) is 29.9 Å². The standard InChI is InChI=1S/C65H77N2O32P/c1-11-90-100(91-12-2)99-56-47(94-55(79)42-26-20-15-21-27-42)46(45(93-54(78)41-24-18-14-19-25-41)43(92-56)28-88-53(77)40-22-16-13-17-23-40)96-61(57(80)81)30-59(83,33(4)69)48(66-38(9)74)51(97-61)63(85,35(6)71)44-29-89-58(82)62(95-44)31-60(84,34(5)70)49(67-39(10)75)52(98-62)65(87,37(8)73)64(86,36(7)72)50(76)32(3)68/h13-27,43-52,56,76,83-87H,11-12,28-31H2,1-10H3,(H,66,74)(H,67,75)(H,80,81)/t43-,44-,45+,46+,47-,48+,49+,50?,51-,52-,56+,59-,60-,61-,62?,63-,64-,65+/m1/s1. The van der Waals surface area contributed by atoms with Gasteiger partial charge in [0, 0.05) is 13.8 Å². The molecule has 0 radical (unpaired) electrons. The number of esters is 4. The van der Waals surface area contributed by atoms with Crippen molar-refractivity contribution in [1.29, 1.82) is 0 Å². The highest BCUT2D eigenvalue weighted by molar-refractivity contribution is 7.41. The predicted molar refractivity (Wildman–Crippen MR) is 331 cm³/mol. The Morgan fingerprint density at radius 1 is 0.610 bits per heavy atom. The number of aliphatic carboxylic acids is 1. The molecule has 0 aromatic heterocycles. The van der Waals surface area contributed by atoms with Crippen LogP contribution in [0.25, 0.3) is 0 Å². The average molecular weight is 1430 g/mol. The number of carbonyl (C=O) groups excluding carboxylic acids is 12. The summed E-state index contributed by atoms with van der Waals surface area (Å²) >= 11 is 0. The summed E-state index contributed by atoms with van der Waals surface area (Å²) in [5.41, 5.74) is -20.0. The Labute approximate surface area is 571 Å². The molecule has 34 nitrogen and oxygen atoms in total. The third-order valence-electron chi connectivity index (χ3n) is 17.4. The molecule has 4 saturated heterocycles. The van der Waals surface area contributed by atoms with E-state index in [1.807, 2.05) is 5.32 Å². The molecule has 100 heavy (non-hydrogen) atoms. The number of aliphatic hydroxyl groups excluding tert-OH is 1. The Hall–Kier alpha value is -8.16. The van der Waals surface area contributed by atoms with Crippen molar-refractivity contribution < 1.29 is 154 Å². The topological polar surface area (TPSA) is 498 Å². The number of carboxylic acid groups (broad SMARTS) is 1. The van der Waals surface area contributed by atoms with Gasteiger partial charge in [-0.05, 0) is 91.8 Å². The highest BCUT2D eigenvalue weighted by atomic mass is 31.2. The van der Waals surface area contributed by atoms with Crippen LogP contribution in [0.5, 0.6) is 0 Å². The summed E-state index contributed by atoms with van der Waals surface area (Å²) in [4.78, 5) is 183. The van der Waals surface area contributed by atoms with E-state index in [1.165, 1.54) is 98.8 Å². The summed E-state index contributed by atoms with van der Waals surface area (Å²) in [7, 11) is -2.65. The second-order valence-electron chi connectivity index (χ2n) is 24.0. The number of ether oxygens (including phenoxy) is 9. The van der Waals surface area contributed by atoms with Gasteiger partial charge in [-0.15, -0.1) is 0 Å². The molecular weight excluding hydrogens is 1350 g/mol. The van der Waals surface area contributed by atoms with Crippen molar-refractivity contribution in [3.05, 3.63) is 108 Å². The minimum Gasteiger partial charge on any atom is -0.477 e. The fraction of sp³-hybridized carbons (Fsp3) is 0.523. The van der Waals surface area contributed by atoms with Crippen molar-refractivity contribution in [3.8, 4) is 0 Å². The molecule has 2 unspecified atom stereocenters. The van der Waals surface area contributed by atoms with Gasteiger partial charge in [0.05, 0.1) is 54.8 Å². The molecule has 9 N–H and O–H groups in total. The number of carboxylic acids is 1. The van der Waals surface area contributed by atoms with Crippen molar-refractivity contribution in [2.75, 3.05) is 26.4 Å². The number of cyclic esters (lactones) is 1. The van der Waals surface area contributed by atoms with Crippen molar-refractivity contribution in [2.24, 2.45) is 0 Å². The van der Waals surface area contributed by atoms with E-state index >= 15 is 0 Å². The molecule has 2 amide bonds. The Morgan fingerprint density at radius 2 is 1.08 bits per heavy atom. The van der Waals surface area contributed by atoms with E-state index in [9.17, 15) is 98.1 Å². The monoisotopic (exact) mass is 1430 g/mol. The lowest BCUT2D eigenvalue weighted by Gasteiger charge is -2.59. The van der Waals surface area contributed by atoms with Gasteiger partial charge in [-0.25, -0.2) is 24.0 Å². The maximum absolute atomic E-state index is 15.0. The van der Waals surface area contributed by atoms with E-state index in [1.54, 1.807) is 6.07 Å². The molecule has 35 heteroatoms. The molecule has 3 aromatic carbocycles. The maximum atomic E-state index is 15.0. The summed E-state index contributed by atoms with van der Waals surface area (Å²) in [6.07, 6.45) is -27.4. The quantitative estimate of drug-likeness (QED) is 0.0235. The summed E-state index contributed by atoms with van der Waals surface area (Å²) in [5.74, 6) is -28.3. The van der Waals surface area contributed by atoms with Crippen molar-refractivity contribution >= 4 is 85.0 Å². The highest BCUT2D eigenvalue weighted by Crippen LogP contribution is 2.52. The van der Waals surface area contributed by atoms with E-state index in [0.717, 1.165) is 13.8 Å². The van der Waals surface area contributed by atoms with Gasteiger partial charge in [0.15, 0.2) is 81.0 Å². The Morgan fingerprint density at radius 3 is 1.51 bits per heavy atom. The minimum absolute atomic E-state index is 0.0484. The lowest BCUT2D eigenvalue weighted by molar-refractivity contribution is -0.392. The number of hydrogen-bond acceptors (Lipinski definition) is 31. The van der Waals surface area contributed by atoms with Crippen LogP contribution in [0.2, 0.25) is 0 Å². The summed E-state index contributed by atoms with van der Waals surface area (Å²) in [5, 5.41) is 91.8. The molecule has 4 fully saturated rings. The van der Waals surface area contributed by atoms with Crippen LogP contribution in [0.15, 0.2) is 91.0 Å². The van der Waals surface area contributed by atoms with Crippen LogP contribution in [0, 0.1) is 0 Å². The van der Waals surface area contributed by atoms with Crippen LogP contribution in [0.3, 0.4) is 0 Å². The molecule has 1 spiro atoms. The first-order chi connectivity index (χ1) is 46.8. The van der Waals surface area contributed by atoms with E-state index < -0.39 is 218 Å². The zero-order chi connectivity index (χ0) is 74.4. The van der Waals surface area contributed by atoms with Gasteiger partial charge in [-0.1, -0.05) is 54.6 Å². The first-order valence-corrected chi connectivity index (χ1v) is 32.0. The molecule has 3 aromatic rings. The molecule has 4 aliphatic heterocycles. The molecule has 0 bridgehead atoms. The molecule has 0 saturated carbocycles. The van der Waals surface area contributed by atoms with Gasteiger partial charge >= 0.3 is 38.4 Å². The van der Waals surface area contributed by atoms with Gasteiger partial charge in [0.25, 0.3) is 11.6 Å². The van der Waals surface area contributed by atoms with Gasteiger partial charge in [0.1, 0.15) is 43.7 Å². The zero-order valence-electron chi connectivity index (χ0n) is 55.5. The second kappa shape index (κ2) is 31.4. The van der Waals surface area contributed by atoms with Crippen LogP contribution in [0.1, 0.15) is 113 Å². The van der Waals surface area contributed by atoms with Crippen LogP contribution in [0.4, 0.5) is 0 Å². The summed E-state index contributed by atoms with van der Waals surface area (Å²) < 4.78 is 72.7. The smallest absolute Gasteiger partial charge is 0.367 e. The number of benzene rings is 3. The molecule has 544 valence electrons. The third kappa shape index (κ3) is 15.4. The number of carbonyl (C=O) groups is 13. The van der Waals surface area contributed by atoms with E-state index in [2.05, 4.69) is 5.32 Å². The predicted octanol–water partition coefficient (Wildman–Crippen LogP) is -0.722. The number of nitrogens with one attached hydrogen (secondary N) is 2. The van der Waals surface area contributed by atoms with Crippen molar-refractivity contribution in [1.82, 2.24) is 10.6 Å². The Bertz CT molecular complexity index is 3620. The molecule has 18 atom stereocenters. The van der Waals surface area contributed by atoms with Crippen molar-refractivity contribution in [3.63, 3.8) is 0 Å². The fourth-order valence-electron chi connectivity index (χ4n) is 12.2. The lowest BCUT2D eigenvalue weighted by Crippen LogP contribution is -2.84. The normalized spacial score (nSPS) is 30.3. The summed E-state index contributed by atoms with van der Waals surface area (Å²) in [6, 6.07) is 15.6. The van der Waals surface area contributed by atoms with Crippen molar-refractivity contribution in [2.45, 2.75) is 189 Å². The van der Waals surface area contributed by atoms with Gasteiger partial charge < -0.3 is 98.1 Å². The molecule has 7 rings (SSSR count). The maximum Gasteiger partial charge on any atom is 0.367 e. The van der Waals surface area contributed by atoms with Crippen LogP contribution < -0.4 is 10.6 Å². The Balaban J connectivity index is 1.51. The zero-order valence-corrected chi connectivity index (χ0v) is 56.4. The van der Waals surface area contributed by atoms with E-state index in [0.29, 0.717) is 41.5 Å². The van der Waals surface area contributed by atoms with Gasteiger partial charge in [-0.3, -0.25) is 42.9 Å². The molecular formula is C65H77N2O32P. The van der Waals surface area contributed by atoms with Crippen LogP contribution in [-0.4, -0.2) is 245 Å². The van der Waals surface area contributed by atoms with Crippen LogP contribution >= 0.6 is 8.60 Å². The number of ketones is 6. The number of hydrogen-bond donors (Lipinski definition) is 9. The first kappa shape index (κ1) is 79.2. The van der Waals surface area contributed by atoms with Gasteiger partial charge in [-0.2, -0.15) is 0 Å². The largest absolute Gasteiger partial charge is 0.477 e. The number of Topliss-reactive ketones (excluding diaryl/α,β-unsaturated/α-hetero) is 6. The lowest BCUT2D eigenvalue weighted by atomic mass is 9.63. The highest BCUT2D eigenvalue weighted by Gasteiger charge is 2.77. The van der Waals surface area contributed by atoms with Crippen LogP contribution in [-0.2, 0) is 104 Å². The summed E-state index contributed by atoms with van der Waals surface area (Å²) in [6.45, 7) is 4.94.